The van der Waals surface area contributed by atoms with Gasteiger partial charge in [0, 0.05) is 5.56 Å². The van der Waals surface area contributed by atoms with Gasteiger partial charge in [0.2, 0.25) is 0 Å². The summed E-state index contributed by atoms with van der Waals surface area (Å²) < 4.78 is 5.39. The summed E-state index contributed by atoms with van der Waals surface area (Å²) in [5.74, 6) is -2.79. The van der Waals surface area contributed by atoms with Crippen LogP contribution in [0.3, 0.4) is 0 Å². The number of Topliss-reactive ketones (excluding diaryl/α,β-unsaturated/α-hetero) is 1. The van der Waals surface area contributed by atoms with Gasteiger partial charge in [0.1, 0.15) is 12.3 Å². The van der Waals surface area contributed by atoms with Crippen LogP contribution in [0.25, 0.3) is 0 Å². The zero-order valence-corrected chi connectivity index (χ0v) is 23.0. The molecule has 0 unspecified atom stereocenters. The molecule has 8 rings (SSSR count). The summed E-state index contributed by atoms with van der Waals surface area (Å²) in [4.78, 5) is 67.4. The number of benzene rings is 3. The molecule has 4 aliphatic carbocycles. The van der Waals surface area contributed by atoms with Gasteiger partial charge in [-0.1, -0.05) is 54.1 Å². The van der Waals surface area contributed by atoms with Crippen molar-refractivity contribution in [1.29, 1.82) is 0 Å². The van der Waals surface area contributed by atoms with Gasteiger partial charge in [-0.25, -0.2) is 9.80 Å². The standard InChI is InChI=1S/C33H25ClN2O6/c34-26-9-5-4-8-23(26)30(38)35(36-31(39)28-21-14-15-22(25-16-24(21)25)29(28)32(36)40)17-27(37)18-10-12-20(13-11-18)42-33(41)19-6-2-1-3-7-19/h1-15,21-22,24-25,28-29H,16-17H2/t21-,22-,24-,25+,28-,29+/m0/s1. The van der Waals surface area contributed by atoms with Crippen LogP contribution in [-0.4, -0.2) is 46.0 Å². The number of carbonyl (C=O) groups is 5. The molecule has 3 amide bonds. The molecule has 5 aliphatic rings. The molecule has 1 aliphatic heterocycles. The Morgan fingerprint density at radius 1 is 0.786 bits per heavy atom. The lowest BCUT2D eigenvalue weighted by molar-refractivity contribution is -0.154. The molecule has 1 heterocycles. The minimum Gasteiger partial charge on any atom is -0.423 e. The molecule has 2 saturated carbocycles. The van der Waals surface area contributed by atoms with Gasteiger partial charge in [0.15, 0.2) is 5.78 Å². The highest BCUT2D eigenvalue weighted by molar-refractivity contribution is 6.34. The van der Waals surface area contributed by atoms with Crippen molar-refractivity contribution in [2.24, 2.45) is 35.5 Å². The largest absolute Gasteiger partial charge is 0.423 e. The molecule has 210 valence electrons. The zero-order chi connectivity index (χ0) is 29.1. The van der Waals surface area contributed by atoms with Crippen LogP contribution in [0.1, 0.15) is 37.5 Å². The highest BCUT2D eigenvalue weighted by atomic mass is 35.5. The van der Waals surface area contributed by atoms with Gasteiger partial charge >= 0.3 is 5.97 Å². The molecule has 9 heteroatoms. The van der Waals surface area contributed by atoms with E-state index in [1.54, 1.807) is 42.5 Å². The van der Waals surface area contributed by atoms with Gasteiger partial charge in [-0.15, -0.1) is 0 Å². The molecule has 3 aromatic carbocycles. The van der Waals surface area contributed by atoms with E-state index in [1.165, 1.54) is 36.4 Å². The van der Waals surface area contributed by atoms with Crippen molar-refractivity contribution in [3.8, 4) is 5.75 Å². The molecule has 0 aromatic heterocycles. The zero-order valence-electron chi connectivity index (χ0n) is 22.3. The second-order valence-corrected chi connectivity index (χ2v) is 11.6. The Hall–Kier alpha value is -4.56. The molecule has 42 heavy (non-hydrogen) atoms. The van der Waals surface area contributed by atoms with Gasteiger partial charge in [0.05, 0.1) is 28.0 Å². The average Bonchev–Trinajstić information content (AvgIpc) is 3.79. The number of allylic oxidation sites excluding steroid dienone is 2. The van der Waals surface area contributed by atoms with E-state index in [1.807, 2.05) is 12.2 Å². The van der Waals surface area contributed by atoms with Crippen LogP contribution in [0.5, 0.6) is 5.75 Å². The Morgan fingerprint density at radius 3 is 2.00 bits per heavy atom. The number of esters is 1. The predicted molar refractivity (Wildman–Crippen MR) is 151 cm³/mol. The lowest BCUT2D eigenvalue weighted by Gasteiger charge is -2.37. The maximum atomic E-state index is 13.8. The van der Waals surface area contributed by atoms with Crippen LogP contribution in [0, 0.1) is 35.5 Å². The van der Waals surface area contributed by atoms with Crippen LogP contribution in [0.15, 0.2) is 91.0 Å². The summed E-state index contributed by atoms with van der Waals surface area (Å²) >= 11 is 6.33. The summed E-state index contributed by atoms with van der Waals surface area (Å²) in [7, 11) is 0. The summed E-state index contributed by atoms with van der Waals surface area (Å²) in [5.41, 5.74) is 0.674. The van der Waals surface area contributed by atoms with E-state index in [0.717, 1.165) is 16.4 Å². The first kappa shape index (κ1) is 26.3. The number of imide groups is 1. The number of rotatable bonds is 7. The predicted octanol–water partition coefficient (Wildman–Crippen LogP) is 4.85. The van der Waals surface area contributed by atoms with Crippen molar-refractivity contribution in [1.82, 2.24) is 10.0 Å². The molecule has 8 nitrogen and oxygen atoms in total. The number of amides is 3. The van der Waals surface area contributed by atoms with Crippen molar-refractivity contribution in [2.45, 2.75) is 6.42 Å². The van der Waals surface area contributed by atoms with Gasteiger partial charge in [-0.2, -0.15) is 5.01 Å². The number of ether oxygens (including phenoxy) is 1. The lowest BCUT2D eigenvalue weighted by Crippen LogP contribution is -2.52. The molecule has 1 saturated heterocycles. The maximum Gasteiger partial charge on any atom is 0.343 e. The fourth-order valence-corrected chi connectivity index (χ4v) is 7.08. The molecule has 3 fully saturated rings. The molecule has 0 spiro atoms. The minimum atomic E-state index is -0.715. The number of ketones is 1. The van der Waals surface area contributed by atoms with Crippen LogP contribution in [-0.2, 0) is 9.59 Å². The first-order valence-corrected chi connectivity index (χ1v) is 14.2. The van der Waals surface area contributed by atoms with Crippen LogP contribution in [0.2, 0.25) is 5.02 Å². The van der Waals surface area contributed by atoms with E-state index in [9.17, 15) is 24.0 Å². The third kappa shape index (κ3) is 4.25. The fourth-order valence-electron chi connectivity index (χ4n) is 6.86. The Morgan fingerprint density at radius 2 is 1.38 bits per heavy atom. The van der Waals surface area contributed by atoms with Crippen LogP contribution < -0.4 is 4.74 Å². The number of hydrogen-bond donors (Lipinski definition) is 0. The molecule has 3 aromatic rings. The first-order valence-electron chi connectivity index (χ1n) is 13.9. The minimum absolute atomic E-state index is 0.0365. The first-order chi connectivity index (χ1) is 20.3. The van der Waals surface area contributed by atoms with E-state index in [0.29, 0.717) is 17.4 Å². The van der Waals surface area contributed by atoms with Gasteiger partial charge in [-0.3, -0.25) is 19.2 Å². The Labute approximate surface area is 246 Å². The van der Waals surface area contributed by atoms with E-state index < -0.39 is 47.9 Å². The summed E-state index contributed by atoms with van der Waals surface area (Å²) in [5, 5.41) is 1.98. The number of hydrogen-bond acceptors (Lipinski definition) is 6. The van der Waals surface area contributed by atoms with Crippen molar-refractivity contribution in [3.05, 3.63) is 113 Å². The highest BCUT2D eigenvalue weighted by Crippen LogP contribution is 2.65. The Bertz CT molecular complexity index is 1630. The summed E-state index contributed by atoms with van der Waals surface area (Å²) in [6.45, 7) is -0.556. The molecule has 2 bridgehead atoms. The highest BCUT2D eigenvalue weighted by Gasteiger charge is 2.68. The fraction of sp³-hybridized carbons (Fsp3) is 0.242. The molecular weight excluding hydrogens is 556 g/mol. The Kier molecular flexibility index (Phi) is 6.31. The Balaban J connectivity index is 1.15. The normalized spacial score (nSPS) is 26.5. The smallest absolute Gasteiger partial charge is 0.343 e. The molecule has 0 N–H and O–H groups in total. The van der Waals surface area contributed by atoms with Crippen LogP contribution >= 0.6 is 11.6 Å². The van der Waals surface area contributed by atoms with E-state index in [4.69, 9.17) is 16.3 Å². The van der Waals surface area contributed by atoms with E-state index in [-0.39, 0.29) is 33.7 Å². The lowest BCUT2D eigenvalue weighted by atomic mass is 9.63. The van der Waals surface area contributed by atoms with Crippen molar-refractivity contribution >= 4 is 41.1 Å². The summed E-state index contributed by atoms with van der Waals surface area (Å²) in [6, 6.07) is 20.7. The third-order valence-electron chi connectivity index (χ3n) is 8.91. The van der Waals surface area contributed by atoms with Gasteiger partial charge in [0.25, 0.3) is 17.7 Å². The van der Waals surface area contributed by atoms with Crippen molar-refractivity contribution in [3.63, 3.8) is 0 Å². The van der Waals surface area contributed by atoms with E-state index in [2.05, 4.69) is 0 Å². The number of nitrogens with zero attached hydrogens (tertiary/aromatic N) is 2. The average molecular weight is 581 g/mol. The van der Waals surface area contributed by atoms with Gasteiger partial charge < -0.3 is 4.74 Å². The maximum absolute atomic E-state index is 13.8. The molecular formula is C33H25ClN2O6. The van der Waals surface area contributed by atoms with Gasteiger partial charge in [-0.05, 0) is 78.6 Å². The second kappa shape index (κ2) is 10.1. The summed E-state index contributed by atoms with van der Waals surface area (Å²) in [6.07, 6.45) is 5.10. The molecule has 0 radical (unpaired) electrons. The number of halogens is 1. The van der Waals surface area contributed by atoms with Crippen LogP contribution in [0.4, 0.5) is 0 Å². The number of hydrazine groups is 1. The number of carbonyl (C=O) groups excluding carboxylic acids is 5. The quantitative estimate of drug-likeness (QED) is 0.130. The van der Waals surface area contributed by atoms with Crippen molar-refractivity contribution < 1.29 is 28.7 Å². The van der Waals surface area contributed by atoms with Crippen molar-refractivity contribution in [2.75, 3.05) is 6.54 Å². The topological polar surface area (TPSA) is 101 Å². The SMILES string of the molecule is O=C(CN(C(=O)c1ccccc1Cl)N1C(=O)[C@@H]2[C@H]3C=C[C@@H]([C@@H]4C[C@H]34)[C@@H]2C1=O)c1ccc(OC(=O)c2ccccc2)cc1. The second-order valence-electron chi connectivity index (χ2n) is 11.2. The molecule has 6 atom stereocenters. The van der Waals surface area contributed by atoms with E-state index >= 15 is 0 Å². The monoisotopic (exact) mass is 580 g/mol. The third-order valence-corrected chi connectivity index (χ3v) is 9.24.